The van der Waals surface area contributed by atoms with Gasteiger partial charge in [0, 0.05) is 31.6 Å². The Morgan fingerprint density at radius 1 is 1.37 bits per heavy atom. The summed E-state index contributed by atoms with van der Waals surface area (Å²) in [5, 5.41) is 15.4. The number of ether oxygens (including phenoxy) is 2. The third-order valence-corrected chi connectivity index (χ3v) is 5.69. The first-order valence-corrected chi connectivity index (χ1v) is 11.0. The zero-order valence-electron chi connectivity index (χ0n) is 19.0. The number of hydrogen-bond acceptors (Lipinski definition) is 8. The van der Waals surface area contributed by atoms with Crippen LogP contribution in [-0.2, 0) is 14.3 Å². The summed E-state index contributed by atoms with van der Waals surface area (Å²) >= 11 is 0. The van der Waals surface area contributed by atoms with Crippen LogP contribution in [0.4, 0.5) is 14.9 Å². The van der Waals surface area contributed by atoms with Crippen LogP contribution in [-0.4, -0.2) is 78.1 Å². The first-order valence-electron chi connectivity index (χ1n) is 11.0. The Hall–Kier alpha value is -3.93. The minimum absolute atomic E-state index is 0.0799. The number of hydrogen-bond donors (Lipinski definition) is 2. The van der Waals surface area contributed by atoms with Crippen molar-refractivity contribution in [3.8, 4) is 5.88 Å². The van der Waals surface area contributed by atoms with Gasteiger partial charge >= 0.3 is 6.09 Å². The first kappa shape index (κ1) is 24.2. The van der Waals surface area contributed by atoms with Gasteiger partial charge in [0.15, 0.2) is 6.10 Å². The number of nitrogens with zero attached hydrogens (tertiary/aromatic N) is 3. The van der Waals surface area contributed by atoms with Gasteiger partial charge in [-0.15, -0.1) is 0 Å². The van der Waals surface area contributed by atoms with Gasteiger partial charge in [0.05, 0.1) is 18.8 Å². The predicted molar refractivity (Wildman–Crippen MR) is 120 cm³/mol. The minimum atomic E-state index is -1.01. The maximum atomic E-state index is 15.0. The van der Waals surface area contributed by atoms with Crippen molar-refractivity contribution < 1.29 is 37.9 Å². The van der Waals surface area contributed by atoms with Crippen LogP contribution in [0.5, 0.6) is 5.88 Å². The number of benzene rings is 1. The summed E-state index contributed by atoms with van der Waals surface area (Å²) in [4.78, 5) is 38.9. The lowest BCUT2D eigenvalue weighted by Gasteiger charge is -2.30. The summed E-state index contributed by atoms with van der Waals surface area (Å²) in [5.41, 5.74) is 1.45. The molecule has 0 aliphatic carbocycles. The predicted octanol–water partition coefficient (Wildman–Crippen LogP) is 1.33. The van der Waals surface area contributed by atoms with E-state index in [0.29, 0.717) is 24.2 Å². The van der Waals surface area contributed by atoms with E-state index in [1.165, 1.54) is 35.1 Å². The summed E-state index contributed by atoms with van der Waals surface area (Å²) < 4.78 is 30.4. The molecule has 2 aromatic rings. The monoisotopic (exact) mass is 488 g/mol. The van der Waals surface area contributed by atoms with Crippen molar-refractivity contribution in [3.05, 3.63) is 48.0 Å². The van der Waals surface area contributed by atoms with Crippen molar-refractivity contribution in [2.45, 2.75) is 25.5 Å². The topological polar surface area (TPSA) is 134 Å². The SMILES string of the molecule is CC(=O)N[C@@H](CO)C(=O)N1CC=C(c2ccc(N3C[C@H](COc4ccon4)OC3=O)cc2F)CC1. The number of aliphatic hydroxyl groups is 1. The number of halogens is 1. The average molecular weight is 488 g/mol. The summed E-state index contributed by atoms with van der Waals surface area (Å²) in [7, 11) is 0. The van der Waals surface area contributed by atoms with Crippen molar-refractivity contribution in [2.75, 3.05) is 37.7 Å². The third-order valence-electron chi connectivity index (χ3n) is 5.69. The van der Waals surface area contributed by atoms with E-state index in [0.717, 1.165) is 5.57 Å². The van der Waals surface area contributed by atoms with Crippen LogP contribution in [0.1, 0.15) is 18.9 Å². The lowest BCUT2D eigenvalue weighted by atomic mass is 9.98. The molecule has 12 heteroatoms. The molecule has 11 nitrogen and oxygen atoms in total. The number of cyclic esters (lactones) is 1. The van der Waals surface area contributed by atoms with Gasteiger partial charge in [-0.25, -0.2) is 9.18 Å². The van der Waals surface area contributed by atoms with Crippen molar-refractivity contribution in [3.63, 3.8) is 0 Å². The summed E-state index contributed by atoms with van der Waals surface area (Å²) in [6.45, 7) is 1.57. The van der Waals surface area contributed by atoms with Gasteiger partial charge in [-0.3, -0.25) is 14.5 Å². The van der Waals surface area contributed by atoms with E-state index in [1.54, 1.807) is 18.2 Å². The van der Waals surface area contributed by atoms with Gasteiger partial charge in [0.1, 0.15) is 24.7 Å². The molecule has 2 aliphatic rings. The Kier molecular flexibility index (Phi) is 7.30. The highest BCUT2D eigenvalue weighted by Gasteiger charge is 2.33. The second-order valence-electron chi connectivity index (χ2n) is 8.13. The van der Waals surface area contributed by atoms with E-state index in [4.69, 9.17) is 9.47 Å². The summed E-state index contributed by atoms with van der Waals surface area (Å²) in [6.07, 6.45) is 2.35. The average Bonchev–Trinajstić information content (AvgIpc) is 3.50. The highest BCUT2D eigenvalue weighted by molar-refractivity contribution is 5.90. The molecule has 0 bridgehead atoms. The number of carbonyl (C=O) groups is 3. The molecule has 2 aliphatic heterocycles. The molecule has 0 spiro atoms. The fraction of sp³-hybridized carbons (Fsp3) is 0.391. The molecular weight excluding hydrogens is 463 g/mol. The van der Waals surface area contributed by atoms with Crippen molar-refractivity contribution >= 4 is 29.2 Å². The molecule has 1 fully saturated rings. The lowest BCUT2D eigenvalue weighted by molar-refractivity contribution is -0.136. The number of rotatable bonds is 8. The van der Waals surface area contributed by atoms with E-state index >= 15 is 4.39 Å². The molecule has 0 unspecified atom stereocenters. The van der Waals surface area contributed by atoms with Crippen LogP contribution < -0.4 is 15.0 Å². The Bertz CT molecular complexity index is 1120. The second kappa shape index (κ2) is 10.6. The maximum Gasteiger partial charge on any atom is 0.414 e. The zero-order chi connectivity index (χ0) is 24.9. The van der Waals surface area contributed by atoms with Gasteiger partial charge in [0.2, 0.25) is 11.8 Å². The molecule has 2 N–H and O–H groups in total. The van der Waals surface area contributed by atoms with Crippen LogP contribution in [0.25, 0.3) is 5.57 Å². The fourth-order valence-corrected chi connectivity index (χ4v) is 3.97. The normalized spacial score (nSPS) is 18.7. The minimum Gasteiger partial charge on any atom is -0.471 e. The van der Waals surface area contributed by atoms with Crippen LogP contribution in [0.15, 0.2) is 41.1 Å². The van der Waals surface area contributed by atoms with Gasteiger partial charge in [-0.05, 0) is 35.3 Å². The highest BCUT2D eigenvalue weighted by atomic mass is 19.1. The van der Waals surface area contributed by atoms with Crippen LogP contribution in [0, 0.1) is 5.82 Å². The number of nitrogens with one attached hydrogen (secondary N) is 1. The molecule has 186 valence electrons. The number of aromatic nitrogens is 1. The fourth-order valence-electron chi connectivity index (χ4n) is 3.97. The zero-order valence-corrected chi connectivity index (χ0v) is 19.0. The molecule has 1 aromatic carbocycles. The molecule has 3 heterocycles. The van der Waals surface area contributed by atoms with Gasteiger partial charge in [-0.2, -0.15) is 0 Å². The van der Waals surface area contributed by atoms with Crippen LogP contribution in [0.2, 0.25) is 0 Å². The standard InChI is InChI=1S/C23H25FN4O7/c1-14(30)25-20(12-29)22(31)27-7-4-15(5-8-27)18-3-2-16(10-19(18)24)28-11-17(35-23(28)32)13-33-21-6-9-34-26-21/h2-4,6,9-10,17,20,29H,5,7-8,11-13H2,1H3,(H,25,30)/t17-,20+/m1/s1. The molecule has 0 saturated carbocycles. The Labute approximate surface area is 200 Å². The van der Waals surface area contributed by atoms with E-state index in [2.05, 4.69) is 15.0 Å². The molecule has 1 aromatic heterocycles. The molecule has 2 atom stereocenters. The third kappa shape index (κ3) is 5.60. The summed E-state index contributed by atoms with van der Waals surface area (Å²) in [5.74, 6) is -1.04. The van der Waals surface area contributed by atoms with Crippen molar-refractivity contribution in [1.29, 1.82) is 0 Å². The molecular formula is C23H25FN4O7. The van der Waals surface area contributed by atoms with Gasteiger partial charge in [0.25, 0.3) is 5.88 Å². The van der Waals surface area contributed by atoms with Crippen LogP contribution >= 0.6 is 0 Å². The first-order chi connectivity index (χ1) is 16.9. The van der Waals surface area contributed by atoms with Gasteiger partial charge < -0.3 is 29.3 Å². The van der Waals surface area contributed by atoms with E-state index in [1.807, 2.05) is 0 Å². The number of amides is 3. The van der Waals surface area contributed by atoms with E-state index in [-0.39, 0.29) is 25.6 Å². The molecule has 0 radical (unpaired) electrons. The smallest absolute Gasteiger partial charge is 0.414 e. The Balaban J connectivity index is 1.38. The van der Waals surface area contributed by atoms with E-state index in [9.17, 15) is 19.5 Å². The Morgan fingerprint density at radius 3 is 2.83 bits per heavy atom. The largest absolute Gasteiger partial charge is 0.471 e. The van der Waals surface area contributed by atoms with Gasteiger partial charge in [-0.1, -0.05) is 6.08 Å². The number of carbonyl (C=O) groups excluding carboxylic acids is 3. The summed E-state index contributed by atoms with van der Waals surface area (Å²) in [6, 6.07) is 5.02. The van der Waals surface area contributed by atoms with Crippen molar-refractivity contribution in [2.24, 2.45) is 0 Å². The highest BCUT2D eigenvalue weighted by Crippen LogP contribution is 2.30. The Morgan fingerprint density at radius 2 is 2.20 bits per heavy atom. The molecule has 3 amide bonds. The molecule has 1 saturated heterocycles. The van der Waals surface area contributed by atoms with E-state index < -0.39 is 42.5 Å². The maximum absolute atomic E-state index is 15.0. The lowest BCUT2D eigenvalue weighted by Crippen LogP contribution is -2.51. The van der Waals surface area contributed by atoms with Crippen molar-refractivity contribution in [1.82, 2.24) is 15.4 Å². The molecule has 35 heavy (non-hydrogen) atoms. The second-order valence-corrected chi connectivity index (χ2v) is 8.13. The quantitative estimate of drug-likeness (QED) is 0.568. The van der Waals surface area contributed by atoms with Crippen LogP contribution in [0.3, 0.4) is 0 Å². The molecule has 4 rings (SSSR count). The number of aliphatic hydroxyl groups excluding tert-OH is 1. The number of anilines is 1.